The van der Waals surface area contributed by atoms with Gasteiger partial charge in [-0.15, -0.1) is 0 Å². The van der Waals surface area contributed by atoms with Crippen LogP contribution in [0.3, 0.4) is 0 Å². The van der Waals surface area contributed by atoms with Gasteiger partial charge in [-0.05, 0) is 36.4 Å². The molecular formula is C18H11N2. The molecule has 1 radical (unpaired) electrons. The van der Waals surface area contributed by atoms with Crippen molar-refractivity contribution in [1.82, 2.24) is 9.97 Å². The summed E-state index contributed by atoms with van der Waals surface area (Å²) in [5, 5.41) is 2.27. The molecule has 0 N–H and O–H groups in total. The Morgan fingerprint density at radius 1 is 0.850 bits per heavy atom. The second-order valence-electron chi connectivity index (χ2n) is 4.73. The lowest BCUT2D eigenvalue weighted by Gasteiger charge is -2.04. The Balaban J connectivity index is 1.91. The molecule has 0 fully saturated rings. The van der Waals surface area contributed by atoms with Gasteiger partial charge in [0.15, 0.2) is 0 Å². The van der Waals surface area contributed by atoms with Gasteiger partial charge in [-0.25, -0.2) is 4.98 Å². The monoisotopic (exact) mass is 255 g/mol. The van der Waals surface area contributed by atoms with Gasteiger partial charge in [0.2, 0.25) is 0 Å². The normalized spacial score (nSPS) is 11.0. The highest BCUT2D eigenvalue weighted by atomic mass is 14.7. The molecule has 0 aliphatic carbocycles. The van der Waals surface area contributed by atoms with Crippen LogP contribution in [0.25, 0.3) is 33.1 Å². The highest BCUT2D eigenvalue weighted by Crippen LogP contribution is 2.24. The third-order valence-corrected chi connectivity index (χ3v) is 3.44. The predicted molar refractivity (Wildman–Crippen MR) is 81.3 cm³/mol. The van der Waals surface area contributed by atoms with Crippen LogP contribution in [0.4, 0.5) is 0 Å². The SMILES string of the molecule is [c]1ccc2ccc(-c3ccc4ncccc4c3)nc2c1. The number of pyridine rings is 2. The van der Waals surface area contributed by atoms with E-state index < -0.39 is 0 Å². The van der Waals surface area contributed by atoms with Gasteiger partial charge in [-0.2, -0.15) is 0 Å². The molecule has 2 aromatic heterocycles. The minimum absolute atomic E-state index is 0.969. The minimum Gasteiger partial charge on any atom is -0.256 e. The Morgan fingerprint density at radius 3 is 2.85 bits per heavy atom. The number of aromatic nitrogens is 2. The Kier molecular flexibility index (Phi) is 2.46. The van der Waals surface area contributed by atoms with Crippen LogP contribution in [-0.4, -0.2) is 9.97 Å². The van der Waals surface area contributed by atoms with Gasteiger partial charge in [-0.1, -0.05) is 30.3 Å². The highest BCUT2D eigenvalue weighted by molar-refractivity contribution is 5.86. The lowest BCUT2D eigenvalue weighted by Crippen LogP contribution is -1.86. The zero-order chi connectivity index (χ0) is 13.4. The maximum atomic E-state index is 4.70. The van der Waals surface area contributed by atoms with E-state index in [1.807, 2.05) is 36.5 Å². The van der Waals surface area contributed by atoms with Crippen molar-refractivity contribution in [1.29, 1.82) is 0 Å². The third kappa shape index (κ3) is 1.82. The molecule has 0 unspecified atom stereocenters. The molecule has 2 nitrogen and oxygen atoms in total. The number of hydrogen-bond donors (Lipinski definition) is 0. The topological polar surface area (TPSA) is 25.8 Å². The Labute approximate surface area is 116 Å². The van der Waals surface area contributed by atoms with Gasteiger partial charge in [0, 0.05) is 22.5 Å². The van der Waals surface area contributed by atoms with Crippen molar-refractivity contribution in [3.8, 4) is 11.3 Å². The molecule has 4 aromatic rings. The maximum absolute atomic E-state index is 4.70. The molecule has 2 heterocycles. The van der Waals surface area contributed by atoms with Crippen LogP contribution in [-0.2, 0) is 0 Å². The van der Waals surface area contributed by atoms with Crippen molar-refractivity contribution in [3.05, 3.63) is 72.9 Å². The fourth-order valence-corrected chi connectivity index (χ4v) is 2.40. The molecule has 0 spiro atoms. The van der Waals surface area contributed by atoms with Gasteiger partial charge >= 0.3 is 0 Å². The summed E-state index contributed by atoms with van der Waals surface area (Å²) in [6.07, 6.45) is 1.81. The fraction of sp³-hybridized carbons (Fsp3) is 0. The molecule has 0 aliphatic rings. The molecule has 20 heavy (non-hydrogen) atoms. The van der Waals surface area contributed by atoms with E-state index in [-0.39, 0.29) is 0 Å². The number of rotatable bonds is 1. The molecule has 0 saturated heterocycles. The number of nitrogens with zero attached hydrogens (tertiary/aromatic N) is 2. The smallest absolute Gasteiger partial charge is 0.0715 e. The number of fused-ring (bicyclic) bond motifs is 2. The second-order valence-corrected chi connectivity index (χ2v) is 4.73. The molecule has 0 amide bonds. The highest BCUT2D eigenvalue weighted by Gasteiger charge is 2.03. The van der Waals surface area contributed by atoms with E-state index >= 15 is 0 Å². The van der Waals surface area contributed by atoms with E-state index in [4.69, 9.17) is 4.98 Å². The molecule has 0 atom stereocenters. The van der Waals surface area contributed by atoms with Crippen molar-refractivity contribution in [2.45, 2.75) is 0 Å². The minimum atomic E-state index is 0.969. The van der Waals surface area contributed by atoms with Crippen molar-refractivity contribution in [3.63, 3.8) is 0 Å². The number of hydrogen-bond acceptors (Lipinski definition) is 2. The van der Waals surface area contributed by atoms with Gasteiger partial charge in [-0.3, -0.25) is 4.98 Å². The first-order chi connectivity index (χ1) is 9.90. The van der Waals surface area contributed by atoms with Crippen LogP contribution in [0.1, 0.15) is 0 Å². The van der Waals surface area contributed by atoms with Crippen molar-refractivity contribution >= 4 is 21.8 Å². The zero-order valence-corrected chi connectivity index (χ0v) is 10.7. The van der Waals surface area contributed by atoms with Gasteiger partial charge < -0.3 is 0 Å². The van der Waals surface area contributed by atoms with E-state index in [0.717, 1.165) is 33.1 Å². The largest absolute Gasteiger partial charge is 0.256 e. The summed E-state index contributed by atoms with van der Waals surface area (Å²) in [5.74, 6) is 0. The Hall–Kier alpha value is -2.74. The Bertz CT molecular complexity index is 836. The summed E-state index contributed by atoms with van der Waals surface area (Å²) in [5.41, 5.74) is 4.06. The molecular weight excluding hydrogens is 244 g/mol. The fourth-order valence-electron chi connectivity index (χ4n) is 2.40. The van der Waals surface area contributed by atoms with Crippen LogP contribution in [0.15, 0.2) is 66.9 Å². The zero-order valence-electron chi connectivity index (χ0n) is 10.7. The quantitative estimate of drug-likeness (QED) is 0.508. The van der Waals surface area contributed by atoms with E-state index in [0.29, 0.717) is 0 Å². The second kappa shape index (κ2) is 4.42. The van der Waals surface area contributed by atoms with Crippen molar-refractivity contribution in [2.75, 3.05) is 0 Å². The van der Waals surface area contributed by atoms with E-state index in [1.165, 1.54) is 0 Å². The molecule has 0 aliphatic heterocycles. The summed E-state index contributed by atoms with van der Waals surface area (Å²) in [7, 11) is 0. The number of benzene rings is 2. The maximum Gasteiger partial charge on any atom is 0.0715 e. The molecule has 2 aromatic carbocycles. The first-order valence-electron chi connectivity index (χ1n) is 6.52. The van der Waals surface area contributed by atoms with E-state index in [1.54, 1.807) is 0 Å². The Morgan fingerprint density at radius 2 is 1.85 bits per heavy atom. The average molecular weight is 255 g/mol. The summed E-state index contributed by atoms with van der Waals surface area (Å²) in [4.78, 5) is 9.04. The first-order valence-corrected chi connectivity index (χ1v) is 6.52. The van der Waals surface area contributed by atoms with Gasteiger partial charge in [0.25, 0.3) is 0 Å². The standard InChI is InChI=1S/C18H11N2/c1-2-6-17-13(4-1)7-10-18(20-17)15-8-9-16-14(12-15)5-3-11-19-16/h1,3-12H. The van der Waals surface area contributed by atoms with E-state index in [2.05, 4.69) is 41.4 Å². The molecule has 0 bridgehead atoms. The van der Waals surface area contributed by atoms with Crippen LogP contribution < -0.4 is 0 Å². The third-order valence-electron chi connectivity index (χ3n) is 3.44. The van der Waals surface area contributed by atoms with Crippen molar-refractivity contribution in [2.24, 2.45) is 0 Å². The summed E-state index contributed by atoms with van der Waals surface area (Å²) >= 11 is 0. The summed E-state index contributed by atoms with van der Waals surface area (Å²) in [6, 6.07) is 23.3. The van der Waals surface area contributed by atoms with Crippen LogP contribution in [0.2, 0.25) is 0 Å². The van der Waals surface area contributed by atoms with Crippen LogP contribution >= 0.6 is 0 Å². The molecule has 4 rings (SSSR count). The lowest BCUT2D eigenvalue weighted by molar-refractivity contribution is 1.39. The molecule has 93 valence electrons. The van der Waals surface area contributed by atoms with Crippen LogP contribution in [0.5, 0.6) is 0 Å². The summed E-state index contributed by atoms with van der Waals surface area (Å²) < 4.78 is 0. The van der Waals surface area contributed by atoms with Gasteiger partial charge in [0.1, 0.15) is 0 Å². The van der Waals surface area contributed by atoms with Crippen molar-refractivity contribution < 1.29 is 0 Å². The van der Waals surface area contributed by atoms with Crippen LogP contribution in [0, 0.1) is 6.07 Å². The predicted octanol–water partition coefficient (Wildman–Crippen LogP) is 4.25. The molecule has 2 heteroatoms. The molecule has 0 saturated carbocycles. The summed E-state index contributed by atoms with van der Waals surface area (Å²) in [6.45, 7) is 0. The van der Waals surface area contributed by atoms with Gasteiger partial charge in [0.05, 0.1) is 16.7 Å². The average Bonchev–Trinajstić information content (AvgIpc) is 2.54. The first kappa shape index (κ1) is 11.1. The lowest BCUT2D eigenvalue weighted by atomic mass is 10.1. The van der Waals surface area contributed by atoms with E-state index in [9.17, 15) is 0 Å².